The molecule has 0 saturated carbocycles. The number of esters is 1. The summed E-state index contributed by atoms with van der Waals surface area (Å²) in [5.74, 6) is -2.90. The van der Waals surface area contributed by atoms with E-state index in [9.17, 15) is 14.4 Å². The fourth-order valence-electron chi connectivity index (χ4n) is 1.10. The number of ether oxygens (including phenoxy) is 1. The van der Waals surface area contributed by atoms with Crippen LogP contribution in [0.4, 0.5) is 0 Å². The van der Waals surface area contributed by atoms with Gasteiger partial charge in [0.1, 0.15) is 6.04 Å². The smallest absolute Gasteiger partial charge is 0.326 e. The Kier molecular flexibility index (Phi) is 4.72. The first-order valence-corrected chi connectivity index (χ1v) is 4.88. The Labute approximate surface area is 101 Å². The van der Waals surface area contributed by atoms with E-state index in [4.69, 9.17) is 5.11 Å². The van der Waals surface area contributed by atoms with Crippen LogP contribution in [0, 0.1) is 0 Å². The first-order valence-electron chi connectivity index (χ1n) is 4.88. The minimum absolute atomic E-state index is 0.0917. The van der Waals surface area contributed by atoms with Gasteiger partial charge >= 0.3 is 11.9 Å². The van der Waals surface area contributed by atoms with Crippen molar-refractivity contribution in [2.75, 3.05) is 7.11 Å². The molecule has 0 aromatic carbocycles. The minimum Gasteiger partial charge on any atom is -0.480 e. The van der Waals surface area contributed by atoms with Gasteiger partial charge in [-0.05, 0) is 11.6 Å². The lowest BCUT2D eigenvalue weighted by molar-refractivity contribution is -0.142. The highest BCUT2D eigenvalue weighted by Gasteiger charge is 2.23. The zero-order valence-corrected chi connectivity index (χ0v) is 9.41. The Morgan fingerprint density at radius 3 is 2.72 bits per heavy atom. The van der Waals surface area contributed by atoms with Crippen molar-refractivity contribution in [3.63, 3.8) is 0 Å². The quantitative estimate of drug-likeness (QED) is 0.513. The Morgan fingerprint density at radius 1 is 1.50 bits per heavy atom. The van der Waals surface area contributed by atoms with Crippen LogP contribution in [0.1, 0.15) is 23.5 Å². The third-order valence-electron chi connectivity index (χ3n) is 2.02. The summed E-state index contributed by atoms with van der Waals surface area (Å²) in [7, 11) is 1.19. The van der Waals surface area contributed by atoms with E-state index < -0.39 is 23.9 Å². The highest BCUT2D eigenvalue weighted by molar-refractivity contribution is 5.93. The van der Waals surface area contributed by atoms with Crippen molar-refractivity contribution >= 4 is 17.8 Å². The summed E-state index contributed by atoms with van der Waals surface area (Å²) in [5, 5.41) is 23.1. The summed E-state index contributed by atoms with van der Waals surface area (Å²) in [6.45, 7) is 0. The number of hydrogen-bond donors (Lipinski definition) is 3. The van der Waals surface area contributed by atoms with Crippen LogP contribution in [-0.2, 0) is 14.3 Å². The predicted molar refractivity (Wildman–Crippen MR) is 54.3 cm³/mol. The topological polar surface area (TPSA) is 147 Å². The van der Waals surface area contributed by atoms with E-state index in [2.05, 4.69) is 30.7 Å². The highest BCUT2D eigenvalue weighted by Crippen LogP contribution is 2.00. The molecule has 0 unspecified atom stereocenters. The van der Waals surface area contributed by atoms with Gasteiger partial charge in [-0.1, -0.05) is 0 Å². The van der Waals surface area contributed by atoms with Gasteiger partial charge in [0, 0.05) is 6.42 Å². The van der Waals surface area contributed by atoms with Crippen LogP contribution in [0.15, 0.2) is 0 Å². The number of aliphatic carboxylic acids is 1. The van der Waals surface area contributed by atoms with E-state index in [0.717, 1.165) is 0 Å². The van der Waals surface area contributed by atoms with Crippen molar-refractivity contribution in [3.8, 4) is 0 Å². The molecule has 0 spiro atoms. The average molecular weight is 257 g/mol. The number of H-pyrrole nitrogens is 1. The van der Waals surface area contributed by atoms with Crippen molar-refractivity contribution in [1.29, 1.82) is 0 Å². The van der Waals surface area contributed by atoms with Crippen molar-refractivity contribution in [3.05, 3.63) is 5.82 Å². The predicted octanol–water partition coefficient (Wildman–Crippen LogP) is -1.66. The molecule has 10 heteroatoms. The molecule has 1 aromatic rings. The van der Waals surface area contributed by atoms with Gasteiger partial charge in [0.15, 0.2) is 0 Å². The molecule has 3 N–H and O–H groups in total. The van der Waals surface area contributed by atoms with E-state index in [1.807, 2.05) is 0 Å². The Bertz CT molecular complexity index is 431. The molecule has 0 aliphatic heterocycles. The number of aromatic nitrogens is 4. The molecule has 1 aromatic heterocycles. The van der Waals surface area contributed by atoms with Gasteiger partial charge < -0.3 is 15.2 Å². The molecular formula is C8H11N5O5. The number of tetrazole rings is 1. The summed E-state index contributed by atoms with van der Waals surface area (Å²) < 4.78 is 4.37. The fourth-order valence-corrected chi connectivity index (χ4v) is 1.10. The lowest BCUT2D eigenvalue weighted by atomic mass is 10.1. The number of nitrogens with zero attached hydrogens (tertiary/aromatic N) is 3. The Balaban J connectivity index is 2.55. The first kappa shape index (κ1) is 13.5. The molecule has 1 heterocycles. The summed E-state index contributed by atoms with van der Waals surface area (Å²) >= 11 is 0. The zero-order valence-electron chi connectivity index (χ0n) is 9.41. The van der Waals surface area contributed by atoms with Crippen LogP contribution in [-0.4, -0.2) is 56.7 Å². The van der Waals surface area contributed by atoms with Crippen LogP contribution in [0.25, 0.3) is 0 Å². The second-order valence-electron chi connectivity index (χ2n) is 3.21. The summed E-state index contributed by atoms with van der Waals surface area (Å²) in [4.78, 5) is 33.2. The number of aromatic amines is 1. The number of amides is 1. The fraction of sp³-hybridized carbons (Fsp3) is 0.500. The second-order valence-corrected chi connectivity index (χ2v) is 3.21. The maximum atomic E-state index is 11.5. The van der Waals surface area contributed by atoms with Gasteiger partial charge in [0.05, 0.1) is 7.11 Å². The van der Waals surface area contributed by atoms with Gasteiger partial charge in [-0.15, -0.1) is 10.2 Å². The van der Waals surface area contributed by atoms with Crippen LogP contribution >= 0.6 is 0 Å². The first-order chi connectivity index (χ1) is 8.54. The van der Waals surface area contributed by atoms with Crippen molar-refractivity contribution in [1.82, 2.24) is 25.9 Å². The molecule has 0 radical (unpaired) electrons. The number of hydrogen-bond acceptors (Lipinski definition) is 7. The number of carboxylic acids is 1. The van der Waals surface area contributed by atoms with Crippen LogP contribution in [0.2, 0.25) is 0 Å². The van der Waals surface area contributed by atoms with E-state index in [1.54, 1.807) is 0 Å². The lowest BCUT2D eigenvalue weighted by Crippen LogP contribution is -2.41. The van der Waals surface area contributed by atoms with Gasteiger partial charge in [-0.3, -0.25) is 9.59 Å². The van der Waals surface area contributed by atoms with Crippen molar-refractivity contribution in [2.24, 2.45) is 0 Å². The number of carbonyl (C=O) groups excluding carboxylic acids is 2. The number of carbonyl (C=O) groups is 3. The Morgan fingerprint density at radius 2 is 2.22 bits per heavy atom. The third kappa shape index (κ3) is 3.81. The monoisotopic (exact) mass is 257 g/mol. The van der Waals surface area contributed by atoms with Gasteiger partial charge in [0.2, 0.25) is 0 Å². The zero-order chi connectivity index (χ0) is 13.5. The summed E-state index contributed by atoms with van der Waals surface area (Å²) in [6.07, 6.45) is -0.217. The number of nitrogens with one attached hydrogen (secondary N) is 2. The molecule has 1 amide bonds. The van der Waals surface area contributed by atoms with E-state index in [-0.39, 0.29) is 18.7 Å². The normalized spacial score (nSPS) is 11.6. The molecule has 10 nitrogen and oxygen atoms in total. The van der Waals surface area contributed by atoms with Crippen molar-refractivity contribution < 1.29 is 24.2 Å². The second kappa shape index (κ2) is 6.27. The number of rotatable bonds is 6. The van der Waals surface area contributed by atoms with Crippen LogP contribution in [0.5, 0.6) is 0 Å². The highest BCUT2D eigenvalue weighted by atomic mass is 16.5. The molecule has 1 atom stereocenters. The Hall–Kier alpha value is -2.52. The molecular weight excluding hydrogens is 246 g/mol. The van der Waals surface area contributed by atoms with Crippen molar-refractivity contribution in [2.45, 2.75) is 18.9 Å². The van der Waals surface area contributed by atoms with E-state index >= 15 is 0 Å². The minimum atomic E-state index is -1.27. The summed E-state index contributed by atoms with van der Waals surface area (Å²) in [6, 6.07) is -1.23. The van der Waals surface area contributed by atoms with Crippen LogP contribution in [0.3, 0.4) is 0 Å². The molecule has 1 rings (SSSR count). The molecule has 18 heavy (non-hydrogen) atoms. The lowest BCUT2D eigenvalue weighted by Gasteiger charge is -2.12. The largest absolute Gasteiger partial charge is 0.480 e. The molecule has 0 saturated heterocycles. The molecule has 0 aliphatic rings. The maximum absolute atomic E-state index is 11.5. The van der Waals surface area contributed by atoms with Gasteiger partial charge in [-0.2, -0.15) is 5.21 Å². The summed E-state index contributed by atoms with van der Waals surface area (Å²) in [5.41, 5.74) is 0. The molecule has 98 valence electrons. The SMILES string of the molecule is COC(=O)CC[C@H](NC(=O)c1nn[nH]n1)C(=O)O. The average Bonchev–Trinajstić information content (AvgIpc) is 2.87. The van der Waals surface area contributed by atoms with Gasteiger partial charge in [0.25, 0.3) is 11.7 Å². The van der Waals surface area contributed by atoms with Crippen LogP contribution < -0.4 is 5.32 Å². The number of methoxy groups -OCH3 is 1. The van der Waals surface area contributed by atoms with E-state index in [0.29, 0.717) is 0 Å². The number of carboxylic acid groups (broad SMARTS) is 1. The van der Waals surface area contributed by atoms with E-state index in [1.165, 1.54) is 7.11 Å². The van der Waals surface area contributed by atoms with Gasteiger partial charge in [-0.25, -0.2) is 4.79 Å². The third-order valence-corrected chi connectivity index (χ3v) is 2.02. The molecule has 0 aliphatic carbocycles. The molecule has 0 bridgehead atoms. The standard InChI is InChI=1S/C8H11N5O5/c1-18-5(14)3-2-4(8(16)17)9-7(15)6-10-12-13-11-6/h4H,2-3H2,1H3,(H,9,15)(H,16,17)(H,10,11,12,13)/t4-/m0/s1. The maximum Gasteiger partial charge on any atom is 0.326 e. The molecule has 0 fully saturated rings.